The van der Waals surface area contributed by atoms with Gasteiger partial charge < -0.3 is 20.8 Å². The molecule has 0 bridgehead atoms. The van der Waals surface area contributed by atoms with Crippen molar-refractivity contribution < 1.29 is 4.74 Å². The Labute approximate surface area is 124 Å². The predicted octanol–water partition coefficient (Wildman–Crippen LogP) is 3.66. The second-order valence-corrected chi connectivity index (χ2v) is 5.25. The fourth-order valence-corrected chi connectivity index (χ4v) is 2.35. The summed E-state index contributed by atoms with van der Waals surface area (Å²) in [4.78, 5) is 7.64. The number of ether oxygens (including phenoxy) is 1. The Bertz CT molecular complexity index is 769. The van der Waals surface area contributed by atoms with Gasteiger partial charge in [0.05, 0.1) is 23.8 Å². The van der Waals surface area contributed by atoms with E-state index in [0.717, 1.165) is 26.9 Å². The topological polar surface area (TPSA) is 76.0 Å². The van der Waals surface area contributed by atoms with Crippen molar-refractivity contribution >= 4 is 44.3 Å². The highest BCUT2D eigenvalue weighted by Crippen LogP contribution is 2.30. The molecule has 0 aliphatic carbocycles. The number of fused-ring (bicyclic) bond motifs is 1. The van der Waals surface area contributed by atoms with Crippen molar-refractivity contribution in [3.63, 3.8) is 0 Å². The minimum absolute atomic E-state index is 0.641. The van der Waals surface area contributed by atoms with Crippen molar-refractivity contribution in [3.8, 4) is 5.75 Å². The standard InChI is InChI=1S/C14H13BrN4O/c1-20-13-5-2-8(15)6-12(13)19-14-17-10-4-3-9(16)7-11(10)18-14/h2-7H,16H2,1H3,(H2,17,18,19). The maximum Gasteiger partial charge on any atom is 0.205 e. The van der Waals surface area contributed by atoms with Crippen LogP contribution in [0.15, 0.2) is 40.9 Å². The number of anilines is 3. The smallest absolute Gasteiger partial charge is 0.205 e. The number of hydrogen-bond acceptors (Lipinski definition) is 4. The summed E-state index contributed by atoms with van der Waals surface area (Å²) >= 11 is 3.44. The lowest BCUT2D eigenvalue weighted by molar-refractivity contribution is 0.416. The van der Waals surface area contributed by atoms with Crippen LogP contribution < -0.4 is 15.8 Å². The Morgan fingerprint density at radius 2 is 2.10 bits per heavy atom. The molecule has 6 heteroatoms. The number of aromatic amines is 1. The summed E-state index contributed by atoms with van der Waals surface area (Å²) in [6.07, 6.45) is 0. The quantitative estimate of drug-likeness (QED) is 0.640. The summed E-state index contributed by atoms with van der Waals surface area (Å²) in [5.74, 6) is 1.38. The molecule has 102 valence electrons. The highest BCUT2D eigenvalue weighted by Gasteiger charge is 2.07. The first-order valence-electron chi connectivity index (χ1n) is 6.01. The largest absolute Gasteiger partial charge is 0.495 e. The maximum atomic E-state index is 5.76. The molecule has 0 radical (unpaired) electrons. The second kappa shape index (κ2) is 5.05. The Hall–Kier alpha value is -2.21. The zero-order chi connectivity index (χ0) is 14.1. The van der Waals surface area contributed by atoms with Crippen LogP contribution in [0.25, 0.3) is 11.0 Å². The molecule has 0 saturated heterocycles. The van der Waals surface area contributed by atoms with Crippen molar-refractivity contribution in [1.82, 2.24) is 9.97 Å². The number of nitrogens with zero attached hydrogens (tertiary/aromatic N) is 1. The number of nitrogens with one attached hydrogen (secondary N) is 2. The summed E-state index contributed by atoms with van der Waals surface area (Å²) in [7, 11) is 1.63. The summed E-state index contributed by atoms with van der Waals surface area (Å²) < 4.78 is 6.28. The Kier molecular flexibility index (Phi) is 3.23. The van der Waals surface area contributed by atoms with Crippen molar-refractivity contribution in [2.45, 2.75) is 0 Å². The first kappa shape index (κ1) is 12.8. The van der Waals surface area contributed by atoms with Gasteiger partial charge in [0, 0.05) is 10.2 Å². The number of benzene rings is 2. The van der Waals surface area contributed by atoms with Crippen LogP contribution >= 0.6 is 15.9 Å². The van der Waals surface area contributed by atoms with Crippen LogP contribution in [0.5, 0.6) is 5.75 Å². The molecule has 2 aromatic carbocycles. The van der Waals surface area contributed by atoms with E-state index in [1.807, 2.05) is 36.4 Å². The Morgan fingerprint density at radius 3 is 2.90 bits per heavy atom. The summed E-state index contributed by atoms with van der Waals surface area (Å²) in [5.41, 5.74) is 9.03. The minimum Gasteiger partial charge on any atom is -0.495 e. The number of methoxy groups -OCH3 is 1. The third-order valence-corrected chi connectivity index (χ3v) is 3.41. The molecule has 0 spiro atoms. The lowest BCUT2D eigenvalue weighted by Gasteiger charge is -2.09. The number of aromatic nitrogens is 2. The lowest BCUT2D eigenvalue weighted by atomic mass is 10.3. The van der Waals surface area contributed by atoms with E-state index in [9.17, 15) is 0 Å². The van der Waals surface area contributed by atoms with E-state index in [4.69, 9.17) is 10.5 Å². The second-order valence-electron chi connectivity index (χ2n) is 4.33. The summed E-state index contributed by atoms with van der Waals surface area (Å²) in [6, 6.07) is 11.3. The predicted molar refractivity (Wildman–Crippen MR) is 84.5 cm³/mol. The molecule has 0 amide bonds. The van der Waals surface area contributed by atoms with E-state index < -0.39 is 0 Å². The van der Waals surface area contributed by atoms with Crippen LogP contribution in [0.2, 0.25) is 0 Å². The molecule has 3 rings (SSSR count). The Balaban J connectivity index is 1.98. The van der Waals surface area contributed by atoms with E-state index in [2.05, 4.69) is 31.2 Å². The van der Waals surface area contributed by atoms with Crippen LogP contribution in [-0.2, 0) is 0 Å². The highest BCUT2D eigenvalue weighted by atomic mass is 79.9. The summed E-state index contributed by atoms with van der Waals surface area (Å²) in [6.45, 7) is 0. The third-order valence-electron chi connectivity index (χ3n) is 2.92. The van der Waals surface area contributed by atoms with Gasteiger partial charge in [-0.1, -0.05) is 15.9 Å². The number of H-pyrrole nitrogens is 1. The number of nitrogen functional groups attached to an aromatic ring is 1. The minimum atomic E-state index is 0.641. The van der Waals surface area contributed by atoms with Gasteiger partial charge in [0.25, 0.3) is 0 Å². The van der Waals surface area contributed by atoms with Crippen LogP contribution in [0.3, 0.4) is 0 Å². The van der Waals surface area contributed by atoms with Crippen molar-refractivity contribution in [1.29, 1.82) is 0 Å². The average Bonchev–Trinajstić information content (AvgIpc) is 2.80. The average molecular weight is 333 g/mol. The molecule has 0 saturated carbocycles. The molecule has 4 N–H and O–H groups in total. The van der Waals surface area contributed by atoms with Crippen molar-refractivity contribution in [2.24, 2.45) is 0 Å². The molecular weight excluding hydrogens is 320 g/mol. The van der Waals surface area contributed by atoms with Gasteiger partial charge in [0.2, 0.25) is 5.95 Å². The van der Waals surface area contributed by atoms with Crippen LogP contribution in [-0.4, -0.2) is 17.1 Å². The van der Waals surface area contributed by atoms with E-state index in [1.54, 1.807) is 7.11 Å². The summed E-state index contributed by atoms with van der Waals surface area (Å²) in [5, 5.41) is 3.21. The van der Waals surface area contributed by atoms with E-state index in [-0.39, 0.29) is 0 Å². The van der Waals surface area contributed by atoms with Gasteiger partial charge in [-0.15, -0.1) is 0 Å². The molecule has 1 heterocycles. The van der Waals surface area contributed by atoms with Gasteiger partial charge in [-0.3, -0.25) is 0 Å². The zero-order valence-electron chi connectivity index (χ0n) is 10.8. The van der Waals surface area contributed by atoms with Crippen molar-refractivity contribution in [3.05, 3.63) is 40.9 Å². The fourth-order valence-electron chi connectivity index (χ4n) is 1.99. The number of hydrogen-bond donors (Lipinski definition) is 3. The zero-order valence-corrected chi connectivity index (χ0v) is 12.4. The molecule has 1 aromatic heterocycles. The molecule has 0 atom stereocenters. The number of imidazole rings is 1. The number of nitrogens with two attached hydrogens (primary N) is 1. The first-order chi connectivity index (χ1) is 9.65. The molecule has 0 aliphatic heterocycles. The number of halogens is 1. The Morgan fingerprint density at radius 1 is 1.25 bits per heavy atom. The maximum absolute atomic E-state index is 5.76. The first-order valence-corrected chi connectivity index (χ1v) is 6.81. The van der Waals surface area contributed by atoms with Gasteiger partial charge in [0.15, 0.2) is 0 Å². The van der Waals surface area contributed by atoms with Gasteiger partial charge in [-0.2, -0.15) is 0 Å². The van der Waals surface area contributed by atoms with Gasteiger partial charge in [0.1, 0.15) is 5.75 Å². The number of rotatable bonds is 3. The fraction of sp³-hybridized carbons (Fsp3) is 0.0714. The highest BCUT2D eigenvalue weighted by molar-refractivity contribution is 9.10. The molecule has 20 heavy (non-hydrogen) atoms. The van der Waals surface area contributed by atoms with Crippen LogP contribution in [0.4, 0.5) is 17.3 Å². The van der Waals surface area contributed by atoms with Gasteiger partial charge >= 0.3 is 0 Å². The molecule has 0 unspecified atom stereocenters. The van der Waals surface area contributed by atoms with E-state index >= 15 is 0 Å². The SMILES string of the molecule is COc1ccc(Br)cc1Nc1nc2ccc(N)cc2[nH]1. The molecule has 3 aromatic rings. The molecule has 5 nitrogen and oxygen atoms in total. The van der Waals surface area contributed by atoms with Crippen LogP contribution in [0.1, 0.15) is 0 Å². The lowest BCUT2D eigenvalue weighted by Crippen LogP contribution is -1.96. The third kappa shape index (κ3) is 2.42. The monoisotopic (exact) mass is 332 g/mol. The normalized spacial score (nSPS) is 10.7. The van der Waals surface area contributed by atoms with Crippen LogP contribution in [0, 0.1) is 0 Å². The molecule has 0 fully saturated rings. The molecular formula is C14H13BrN4O. The molecule has 0 aliphatic rings. The van der Waals surface area contributed by atoms with Gasteiger partial charge in [-0.25, -0.2) is 4.98 Å². The van der Waals surface area contributed by atoms with Gasteiger partial charge in [-0.05, 0) is 36.4 Å². The van der Waals surface area contributed by atoms with E-state index in [1.165, 1.54) is 0 Å². The van der Waals surface area contributed by atoms with Crippen molar-refractivity contribution in [2.75, 3.05) is 18.2 Å². The van der Waals surface area contributed by atoms with E-state index in [0.29, 0.717) is 11.6 Å².